The molecule has 0 unspecified atom stereocenters. The average molecular weight is 261 g/mol. The third-order valence-electron chi connectivity index (χ3n) is 4.17. The molecule has 3 atom stereocenters. The topological polar surface area (TPSA) is 43.4 Å². The molecule has 2 fully saturated rings. The lowest BCUT2D eigenvalue weighted by atomic mass is 9.64. The van der Waals surface area contributed by atoms with Gasteiger partial charge in [0.1, 0.15) is 0 Å². The second-order valence-corrected chi connectivity index (χ2v) is 5.24. The summed E-state index contributed by atoms with van der Waals surface area (Å²) in [6.45, 7) is 3.90. The van der Waals surface area contributed by atoms with Crippen molar-refractivity contribution in [1.82, 2.24) is 0 Å². The van der Waals surface area contributed by atoms with Gasteiger partial charge in [0.2, 0.25) is 0 Å². The summed E-state index contributed by atoms with van der Waals surface area (Å²) in [5.41, 5.74) is -0.769. The van der Waals surface area contributed by atoms with Crippen LogP contribution in [0.1, 0.15) is 26.7 Å². The van der Waals surface area contributed by atoms with Gasteiger partial charge in [-0.15, -0.1) is 0 Å². The van der Waals surface area contributed by atoms with Gasteiger partial charge in [0.05, 0.1) is 11.3 Å². The fraction of sp³-hybridized carbons (Fsp3) is 0.800. The number of carbonyl (C=O) groups is 2. The normalized spacial score (nSPS) is 46.6. The maximum Gasteiger partial charge on any atom is 0.320 e. The van der Waals surface area contributed by atoms with Crippen LogP contribution in [0.3, 0.4) is 0 Å². The molecule has 4 heteroatoms. The Morgan fingerprint density at radius 2 is 2.14 bits per heavy atom. The summed E-state index contributed by atoms with van der Waals surface area (Å²) in [6.07, 6.45) is 1.52. The zero-order valence-corrected chi connectivity index (χ0v) is 9.89. The van der Waals surface area contributed by atoms with Crippen LogP contribution in [-0.2, 0) is 14.3 Å². The highest BCUT2D eigenvalue weighted by atomic mass is 79.9. The van der Waals surface area contributed by atoms with Crippen molar-refractivity contribution in [3.63, 3.8) is 0 Å². The van der Waals surface area contributed by atoms with Gasteiger partial charge in [-0.2, -0.15) is 0 Å². The van der Waals surface area contributed by atoms with Gasteiger partial charge in [0.15, 0.2) is 0 Å². The Kier molecular flexibility index (Phi) is 2.04. The molecule has 2 bridgehead atoms. The first-order chi connectivity index (χ1) is 6.45. The number of carbonyl (C=O) groups excluding carboxylic acids is 2. The highest BCUT2D eigenvalue weighted by Gasteiger charge is 2.65. The van der Waals surface area contributed by atoms with E-state index >= 15 is 0 Å². The zero-order valence-electron chi connectivity index (χ0n) is 8.30. The molecule has 2 aliphatic rings. The van der Waals surface area contributed by atoms with Crippen molar-refractivity contribution in [3.05, 3.63) is 0 Å². The summed E-state index contributed by atoms with van der Waals surface area (Å²) >= 11 is 3.42. The van der Waals surface area contributed by atoms with Gasteiger partial charge in [-0.05, 0) is 19.8 Å². The smallest absolute Gasteiger partial charge is 0.320 e. The molecular weight excluding hydrogens is 248 g/mol. The number of hydrogen-bond acceptors (Lipinski definition) is 3. The fourth-order valence-corrected chi connectivity index (χ4v) is 3.66. The summed E-state index contributed by atoms with van der Waals surface area (Å²) in [5, 5.41) is 0.669. The van der Waals surface area contributed by atoms with Crippen LogP contribution in [0.4, 0.5) is 0 Å². The predicted molar refractivity (Wildman–Crippen MR) is 53.8 cm³/mol. The van der Waals surface area contributed by atoms with Crippen molar-refractivity contribution in [1.29, 1.82) is 0 Å². The molecule has 0 aromatic heterocycles. The summed E-state index contributed by atoms with van der Waals surface area (Å²) in [4.78, 5) is 23.2. The molecule has 1 aliphatic carbocycles. The van der Waals surface area contributed by atoms with Crippen molar-refractivity contribution in [3.8, 4) is 0 Å². The Hall–Kier alpha value is -0.380. The molecule has 3 nitrogen and oxygen atoms in total. The Morgan fingerprint density at radius 1 is 1.50 bits per heavy atom. The lowest BCUT2D eigenvalue weighted by Crippen LogP contribution is -2.52. The van der Waals surface area contributed by atoms with Gasteiger partial charge in [0.25, 0.3) is 0 Å². The first-order valence-electron chi connectivity index (χ1n) is 4.78. The number of esters is 2. The standard InChI is InChI=1S/C10H13BrO3/c1-9-4-3-6(10(9,2)5-11)7(12)14-8(9)13/h6H,3-5H2,1-2H3/t6-,9+,10-/m0/s1. The molecule has 2 rings (SSSR count). The molecule has 0 N–H and O–H groups in total. The molecule has 1 saturated carbocycles. The van der Waals surface area contributed by atoms with Gasteiger partial charge in [0, 0.05) is 10.7 Å². The molecule has 78 valence electrons. The van der Waals surface area contributed by atoms with Crippen molar-refractivity contribution >= 4 is 27.9 Å². The monoisotopic (exact) mass is 260 g/mol. The molecular formula is C10H13BrO3. The zero-order chi connectivity index (χ0) is 10.6. The molecule has 1 heterocycles. The van der Waals surface area contributed by atoms with Crippen molar-refractivity contribution < 1.29 is 14.3 Å². The Bertz CT molecular complexity index is 314. The third-order valence-corrected chi connectivity index (χ3v) is 5.33. The summed E-state index contributed by atoms with van der Waals surface area (Å²) < 4.78 is 4.77. The SMILES string of the molecule is C[C@]1(CBr)[C@H]2CC[C@]1(C)C(=O)OC2=O. The number of alkyl halides is 1. The van der Waals surface area contributed by atoms with Crippen LogP contribution in [0.5, 0.6) is 0 Å². The van der Waals surface area contributed by atoms with Crippen LogP contribution in [0.15, 0.2) is 0 Å². The van der Waals surface area contributed by atoms with E-state index in [4.69, 9.17) is 4.74 Å². The summed E-state index contributed by atoms with van der Waals surface area (Å²) in [5.74, 6) is -0.810. The molecule has 0 spiro atoms. The molecule has 0 aromatic carbocycles. The van der Waals surface area contributed by atoms with Crippen LogP contribution >= 0.6 is 15.9 Å². The first-order valence-corrected chi connectivity index (χ1v) is 5.90. The number of halogens is 1. The maximum absolute atomic E-state index is 11.7. The number of hydrogen-bond donors (Lipinski definition) is 0. The van der Waals surface area contributed by atoms with Crippen molar-refractivity contribution in [2.24, 2.45) is 16.7 Å². The van der Waals surface area contributed by atoms with Crippen LogP contribution < -0.4 is 0 Å². The highest BCUT2D eigenvalue weighted by Crippen LogP contribution is 2.60. The number of cyclic esters (lactones) is 2. The maximum atomic E-state index is 11.7. The second kappa shape index (κ2) is 2.81. The van der Waals surface area contributed by atoms with E-state index in [0.29, 0.717) is 5.33 Å². The lowest BCUT2D eigenvalue weighted by Gasteiger charge is -2.43. The number of ether oxygens (including phenoxy) is 1. The van der Waals surface area contributed by atoms with E-state index in [0.717, 1.165) is 12.8 Å². The average Bonchev–Trinajstić information content (AvgIpc) is 2.34. The van der Waals surface area contributed by atoms with Crippen molar-refractivity contribution in [2.45, 2.75) is 26.7 Å². The number of fused-ring (bicyclic) bond motifs is 2. The van der Waals surface area contributed by atoms with E-state index in [-0.39, 0.29) is 23.3 Å². The minimum absolute atomic E-state index is 0.121. The van der Waals surface area contributed by atoms with E-state index < -0.39 is 5.41 Å². The van der Waals surface area contributed by atoms with Gasteiger partial charge in [-0.3, -0.25) is 9.59 Å². The van der Waals surface area contributed by atoms with Gasteiger partial charge >= 0.3 is 11.9 Å². The Balaban J connectivity index is 2.51. The molecule has 1 aliphatic heterocycles. The van der Waals surface area contributed by atoms with Crippen molar-refractivity contribution in [2.75, 3.05) is 5.33 Å². The van der Waals surface area contributed by atoms with Gasteiger partial charge < -0.3 is 4.74 Å². The van der Waals surface area contributed by atoms with E-state index in [9.17, 15) is 9.59 Å². The molecule has 1 saturated heterocycles. The minimum Gasteiger partial charge on any atom is -0.392 e. The minimum atomic E-state index is -0.491. The molecule has 0 radical (unpaired) electrons. The van der Waals surface area contributed by atoms with E-state index in [1.807, 2.05) is 13.8 Å². The van der Waals surface area contributed by atoms with Gasteiger partial charge in [-0.1, -0.05) is 22.9 Å². The van der Waals surface area contributed by atoms with Crippen LogP contribution in [0.2, 0.25) is 0 Å². The van der Waals surface area contributed by atoms with Crippen LogP contribution in [0, 0.1) is 16.7 Å². The predicted octanol–water partition coefficient (Wildman–Crippen LogP) is 1.89. The fourth-order valence-electron chi connectivity index (χ4n) is 2.65. The van der Waals surface area contributed by atoms with Crippen LogP contribution in [0.25, 0.3) is 0 Å². The van der Waals surface area contributed by atoms with E-state index in [2.05, 4.69) is 15.9 Å². The quantitative estimate of drug-likeness (QED) is 0.411. The Labute approximate surface area is 91.3 Å². The lowest BCUT2D eigenvalue weighted by molar-refractivity contribution is -0.184. The van der Waals surface area contributed by atoms with E-state index in [1.165, 1.54) is 0 Å². The van der Waals surface area contributed by atoms with Gasteiger partial charge in [-0.25, -0.2) is 0 Å². The summed E-state index contributed by atoms with van der Waals surface area (Å²) in [7, 11) is 0. The first kappa shape index (κ1) is 10.1. The summed E-state index contributed by atoms with van der Waals surface area (Å²) in [6, 6.07) is 0. The largest absolute Gasteiger partial charge is 0.392 e. The molecule has 0 amide bonds. The second-order valence-electron chi connectivity index (χ2n) is 4.68. The molecule has 14 heavy (non-hydrogen) atoms. The molecule has 0 aromatic rings. The highest BCUT2D eigenvalue weighted by molar-refractivity contribution is 9.09. The third kappa shape index (κ3) is 0.926. The Morgan fingerprint density at radius 3 is 2.71 bits per heavy atom. The number of rotatable bonds is 1. The van der Waals surface area contributed by atoms with E-state index in [1.54, 1.807) is 0 Å². The van der Waals surface area contributed by atoms with Crippen LogP contribution in [-0.4, -0.2) is 17.3 Å².